The predicted octanol–water partition coefficient (Wildman–Crippen LogP) is 0.779. The Morgan fingerprint density at radius 1 is 1.67 bits per heavy atom. The lowest BCUT2D eigenvalue weighted by Gasteiger charge is -2.13. The Hall–Kier alpha value is -2.11. The Balaban J connectivity index is 2.63. The molecule has 1 amide bonds. The quantitative estimate of drug-likeness (QED) is 0.311. The second kappa shape index (κ2) is 6.58. The molecule has 0 saturated carbocycles. The van der Waals surface area contributed by atoms with Gasteiger partial charge in [-0.25, -0.2) is 0 Å². The molecule has 6 heteroatoms. The van der Waals surface area contributed by atoms with Gasteiger partial charge in [0.2, 0.25) is 5.91 Å². The Morgan fingerprint density at radius 3 is 2.94 bits per heavy atom. The lowest BCUT2D eigenvalue weighted by molar-refractivity contribution is -0.123. The summed E-state index contributed by atoms with van der Waals surface area (Å²) in [6.45, 7) is 4.06. The van der Waals surface area contributed by atoms with E-state index in [2.05, 4.69) is 15.5 Å². The summed E-state index contributed by atoms with van der Waals surface area (Å²) >= 11 is 0. The molecule has 1 aromatic rings. The van der Waals surface area contributed by atoms with Crippen LogP contribution in [0.5, 0.6) is 0 Å². The van der Waals surface area contributed by atoms with E-state index < -0.39 is 5.92 Å². The number of amides is 1. The standard InChI is InChI=1S/C12H18N4O2/c1-3-9(11(13)16-18)12(17)15-7-10-8(2)5-4-6-14-10/h4-6,9,18H,3,7H2,1-2H3,(H2,13,16)(H,15,17). The van der Waals surface area contributed by atoms with E-state index in [0.717, 1.165) is 11.3 Å². The van der Waals surface area contributed by atoms with E-state index in [1.807, 2.05) is 19.1 Å². The van der Waals surface area contributed by atoms with Crippen molar-refractivity contribution in [1.29, 1.82) is 0 Å². The molecule has 1 rings (SSSR count). The molecule has 1 unspecified atom stereocenters. The van der Waals surface area contributed by atoms with E-state index in [4.69, 9.17) is 10.9 Å². The van der Waals surface area contributed by atoms with Crippen molar-refractivity contribution in [3.8, 4) is 0 Å². The van der Waals surface area contributed by atoms with Crippen molar-refractivity contribution < 1.29 is 10.0 Å². The minimum atomic E-state index is -0.612. The lowest BCUT2D eigenvalue weighted by Crippen LogP contribution is -2.38. The van der Waals surface area contributed by atoms with E-state index in [9.17, 15) is 4.79 Å². The van der Waals surface area contributed by atoms with E-state index in [1.54, 1.807) is 13.1 Å². The van der Waals surface area contributed by atoms with Gasteiger partial charge in [-0.3, -0.25) is 9.78 Å². The van der Waals surface area contributed by atoms with Gasteiger partial charge in [0.05, 0.1) is 18.2 Å². The number of nitrogens with zero attached hydrogens (tertiary/aromatic N) is 2. The number of rotatable bonds is 5. The third kappa shape index (κ3) is 3.44. The zero-order valence-electron chi connectivity index (χ0n) is 10.6. The van der Waals surface area contributed by atoms with Crippen LogP contribution >= 0.6 is 0 Å². The maximum absolute atomic E-state index is 11.8. The van der Waals surface area contributed by atoms with Gasteiger partial charge in [-0.2, -0.15) is 0 Å². The maximum atomic E-state index is 11.8. The number of nitrogens with one attached hydrogen (secondary N) is 1. The topological polar surface area (TPSA) is 101 Å². The van der Waals surface area contributed by atoms with Gasteiger partial charge in [-0.05, 0) is 25.0 Å². The first-order valence-corrected chi connectivity index (χ1v) is 5.75. The Morgan fingerprint density at radius 2 is 2.39 bits per heavy atom. The largest absolute Gasteiger partial charge is 0.409 e. The van der Waals surface area contributed by atoms with Crippen molar-refractivity contribution in [2.24, 2.45) is 16.8 Å². The van der Waals surface area contributed by atoms with Crippen LogP contribution in [-0.4, -0.2) is 21.9 Å². The minimum Gasteiger partial charge on any atom is -0.409 e. The molecule has 0 fully saturated rings. The minimum absolute atomic E-state index is 0.0762. The number of oxime groups is 1. The Bertz CT molecular complexity index is 445. The maximum Gasteiger partial charge on any atom is 0.231 e. The molecule has 0 aliphatic heterocycles. The van der Waals surface area contributed by atoms with Crippen LogP contribution < -0.4 is 11.1 Å². The molecule has 1 atom stereocenters. The van der Waals surface area contributed by atoms with Crippen molar-refractivity contribution in [3.05, 3.63) is 29.6 Å². The molecule has 1 heterocycles. The first kappa shape index (κ1) is 14.0. The smallest absolute Gasteiger partial charge is 0.231 e. The number of hydrogen-bond acceptors (Lipinski definition) is 4. The fourth-order valence-electron chi connectivity index (χ4n) is 1.60. The summed E-state index contributed by atoms with van der Waals surface area (Å²) in [6.07, 6.45) is 2.15. The third-order valence-corrected chi connectivity index (χ3v) is 2.75. The number of aromatic nitrogens is 1. The van der Waals surface area contributed by atoms with E-state index in [-0.39, 0.29) is 11.7 Å². The summed E-state index contributed by atoms with van der Waals surface area (Å²) in [6, 6.07) is 3.77. The van der Waals surface area contributed by atoms with Crippen LogP contribution in [0.1, 0.15) is 24.6 Å². The van der Waals surface area contributed by atoms with Gasteiger partial charge in [0.15, 0.2) is 5.84 Å². The number of carbonyl (C=O) groups is 1. The molecular formula is C12H18N4O2. The highest BCUT2D eigenvalue weighted by Gasteiger charge is 2.20. The highest BCUT2D eigenvalue weighted by atomic mass is 16.4. The van der Waals surface area contributed by atoms with Gasteiger partial charge in [-0.1, -0.05) is 18.1 Å². The molecule has 0 radical (unpaired) electrons. The van der Waals surface area contributed by atoms with Crippen LogP contribution in [0.3, 0.4) is 0 Å². The van der Waals surface area contributed by atoms with Crippen LogP contribution in [0.15, 0.2) is 23.5 Å². The molecule has 6 nitrogen and oxygen atoms in total. The molecule has 0 aliphatic rings. The Kier molecular flexibility index (Phi) is 5.10. The van der Waals surface area contributed by atoms with E-state index >= 15 is 0 Å². The molecule has 0 bridgehead atoms. The summed E-state index contributed by atoms with van der Waals surface area (Å²) in [5, 5.41) is 14.2. The number of amidine groups is 1. The zero-order valence-corrected chi connectivity index (χ0v) is 10.6. The molecule has 98 valence electrons. The van der Waals surface area contributed by atoms with Crippen molar-refractivity contribution in [2.75, 3.05) is 0 Å². The third-order valence-electron chi connectivity index (χ3n) is 2.75. The fraction of sp³-hybridized carbons (Fsp3) is 0.417. The van der Waals surface area contributed by atoms with Gasteiger partial charge < -0.3 is 16.3 Å². The van der Waals surface area contributed by atoms with Crippen LogP contribution in [0.4, 0.5) is 0 Å². The van der Waals surface area contributed by atoms with E-state index in [0.29, 0.717) is 13.0 Å². The van der Waals surface area contributed by atoms with Gasteiger partial charge in [-0.15, -0.1) is 0 Å². The molecule has 1 aromatic heterocycles. The SMILES string of the molecule is CCC(C(=O)NCc1ncccc1C)C(N)=NO. The van der Waals surface area contributed by atoms with Gasteiger partial charge in [0.25, 0.3) is 0 Å². The van der Waals surface area contributed by atoms with Crippen LogP contribution in [0.25, 0.3) is 0 Å². The number of aryl methyl sites for hydroxylation is 1. The highest BCUT2D eigenvalue weighted by Crippen LogP contribution is 2.05. The molecule has 0 saturated heterocycles. The predicted molar refractivity (Wildman–Crippen MR) is 68.0 cm³/mol. The fourth-order valence-corrected chi connectivity index (χ4v) is 1.60. The van der Waals surface area contributed by atoms with Crippen molar-refractivity contribution >= 4 is 11.7 Å². The molecular weight excluding hydrogens is 232 g/mol. The second-order valence-corrected chi connectivity index (χ2v) is 3.97. The van der Waals surface area contributed by atoms with Gasteiger partial charge in [0, 0.05) is 6.20 Å². The second-order valence-electron chi connectivity index (χ2n) is 3.97. The molecule has 0 aliphatic carbocycles. The van der Waals surface area contributed by atoms with Gasteiger partial charge in [0.1, 0.15) is 0 Å². The van der Waals surface area contributed by atoms with Crippen molar-refractivity contribution in [3.63, 3.8) is 0 Å². The van der Waals surface area contributed by atoms with Crippen LogP contribution in [0.2, 0.25) is 0 Å². The summed E-state index contributed by atoms with van der Waals surface area (Å²) in [5.41, 5.74) is 7.27. The van der Waals surface area contributed by atoms with Crippen molar-refractivity contribution in [2.45, 2.75) is 26.8 Å². The molecule has 18 heavy (non-hydrogen) atoms. The monoisotopic (exact) mass is 250 g/mol. The number of pyridine rings is 1. The van der Waals surface area contributed by atoms with Crippen LogP contribution in [-0.2, 0) is 11.3 Å². The van der Waals surface area contributed by atoms with Crippen LogP contribution in [0, 0.1) is 12.8 Å². The molecule has 0 aromatic carbocycles. The summed E-state index contributed by atoms with van der Waals surface area (Å²) in [4.78, 5) is 16.0. The number of hydrogen-bond donors (Lipinski definition) is 3. The zero-order chi connectivity index (χ0) is 13.5. The van der Waals surface area contributed by atoms with Crippen molar-refractivity contribution in [1.82, 2.24) is 10.3 Å². The number of nitrogens with two attached hydrogens (primary N) is 1. The molecule has 0 spiro atoms. The van der Waals surface area contributed by atoms with E-state index in [1.165, 1.54) is 0 Å². The average molecular weight is 250 g/mol. The summed E-state index contributed by atoms with van der Waals surface area (Å²) in [7, 11) is 0. The lowest BCUT2D eigenvalue weighted by atomic mass is 10.0. The number of carbonyl (C=O) groups excluding carboxylic acids is 1. The average Bonchev–Trinajstić information content (AvgIpc) is 2.38. The normalized spacial score (nSPS) is 13.1. The first-order valence-electron chi connectivity index (χ1n) is 5.75. The summed E-state index contributed by atoms with van der Waals surface area (Å²) < 4.78 is 0. The van der Waals surface area contributed by atoms with Gasteiger partial charge >= 0.3 is 0 Å². The summed E-state index contributed by atoms with van der Waals surface area (Å²) in [5.74, 6) is -0.954. The highest BCUT2D eigenvalue weighted by molar-refractivity contribution is 6.01. The molecule has 4 N–H and O–H groups in total. The Labute approximate surface area is 106 Å². The first-order chi connectivity index (χ1) is 8.60.